The van der Waals surface area contributed by atoms with Crippen molar-refractivity contribution in [1.82, 2.24) is 9.78 Å². The van der Waals surface area contributed by atoms with Crippen LogP contribution in [0.15, 0.2) is 54.7 Å². The van der Waals surface area contributed by atoms with E-state index in [2.05, 4.69) is 16.9 Å². The number of hydrogen-bond donors (Lipinski definition) is 1. The molecule has 0 saturated carbocycles. The number of hydrogen-bond acceptors (Lipinski definition) is 3. The smallest absolute Gasteiger partial charge is 0.0681 e. The molecule has 4 nitrogen and oxygen atoms in total. The summed E-state index contributed by atoms with van der Waals surface area (Å²) in [5.41, 5.74) is 5.29. The number of halogens is 1. The normalized spacial score (nSPS) is 10.8. The zero-order chi connectivity index (χ0) is 17.1. The van der Waals surface area contributed by atoms with Gasteiger partial charge in [0.15, 0.2) is 0 Å². The molecule has 0 fully saturated rings. The van der Waals surface area contributed by atoms with E-state index in [-0.39, 0.29) is 6.61 Å². The first-order valence-corrected chi connectivity index (χ1v) is 8.16. The summed E-state index contributed by atoms with van der Waals surface area (Å²) in [4.78, 5) is 2.16. The minimum Gasteiger partial charge on any atom is -0.392 e. The van der Waals surface area contributed by atoms with E-state index in [1.807, 2.05) is 66.5 Å². The standard InChI is InChI=1S/C19H20ClN3O/c1-14-16(11-21-23(14)19-9-5-17(20)6-10-19)12-22(2)18-7-3-15(13-24)4-8-18/h3-11,24H,12-13H2,1-2H3. The van der Waals surface area contributed by atoms with Crippen LogP contribution in [0.2, 0.25) is 5.02 Å². The lowest BCUT2D eigenvalue weighted by Crippen LogP contribution is -2.16. The Labute approximate surface area is 146 Å². The van der Waals surface area contributed by atoms with Crippen molar-refractivity contribution >= 4 is 17.3 Å². The van der Waals surface area contributed by atoms with Crippen molar-refractivity contribution in [2.45, 2.75) is 20.1 Å². The van der Waals surface area contributed by atoms with Crippen molar-refractivity contribution in [2.75, 3.05) is 11.9 Å². The quantitative estimate of drug-likeness (QED) is 0.763. The Balaban J connectivity index is 1.79. The molecule has 0 aliphatic rings. The number of aliphatic hydroxyl groups is 1. The Hall–Kier alpha value is -2.30. The van der Waals surface area contributed by atoms with Crippen molar-refractivity contribution in [1.29, 1.82) is 0 Å². The summed E-state index contributed by atoms with van der Waals surface area (Å²) in [6, 6.07) is 15.6. The van der Waals surface area contributed by atoms with Gasteiger partial charge in [-0.2, -0.15) is 5.10 Å². The molecule has 0 aliphatic carbocycles. The number of nitrogens with zero attached hydrogens (tertiary/aromatic N) is 3. The third-order valence-electron chi connectivity index (χ3n) is 4.15. The highest BCUT2D eigenvalue weighted by molar-refractivity contribution is 6.30. The third-order valence-corrected chi connectivity index (χ3v) is 4.40. The van der Waals surface area contributed by atoms with Crippen LogP contribution in [0.5, 0.6) is 0 Å². The van der Waals surface area contributed by atoms with Crippen molar-refractivity contribution in [3.05, 3.63) is 76.6 Å². The SMILES string of the molecule is Cc1c(CN(C)c2ccc(CO)cc2)cnn1-c1ccc(Cl)cc1. The van der Waals surface area contributed by atoms with E-state index in [1.54, 1.807) is 0 Å². The minimum absolute atomic E-state index is 0.0664. The summed E-state index contributed by atoms with van der Waals surface area (Å²) in [6.07, 6.45) is 1.91. The Bertz CT molecular complexity index is 810. The molecule has 1 heterocycles. The topological polar surface area (TPSA) is 41.3 Å². The number of anilines is 1. The van der Waals surface area contributed by atoms with Gasteiger partial charge < -0.3 is 10.0 Å². The summed E-state index contributed by atoms with van der Waals surface area (Å²) in [5, 5.41) is 14.4. The fourth-order valence-corrected chi connectivity index (χ4v) is 2.77. The van der Waals surface area contributed by atoms with Crippen LogP contribution in [0.1, 0.15) is 16.8 Å². The summed E-state index contributed by atoms with van der Waals surface area (Å²) >= 11 is 5.95. The van der Waals surface area contributed by atoms with Crippen molar-refractivity contribution in [3.63, 3.8) is 0 Å². The highest BCUT2D eigenvalue weighted by Crippen LogP contribution is 2.20. The molecule has 124 valence electrons. The Kier molecular flexibility index (Phi) is 4.88. The molecule has 3 aromatic rings. The van der Waals surface area contributed by atoms with Gasteiger partial charge in [0.1, 0.15) is 0 Å². The molecule has 2 aromatic carbocycles. The van der Waals surface area contributed by atoms with E-state index in [1.165, 1.54) is 5.56 Å². The van der Waals surface area contributed by atoms with E-state index in [0.29, 0.717) is 0 Å². The minimum atomic E-state index is 0.0664. The van der Waals surface area contributed by atoms with Gasteiger partial charge in [0.25, 0.3) is 0 Å². The van der Waals surface area contributed by atoms with E-state index < -0.39 is 0 Å². The molecule has 0 saturated heterocycles. The first kappa shape index (κ1) is 16.6. The van der Waals surface area contributed by atoms with Crippen LogP contribution in [0.25, 0.3) is 5.69 Å². The van der Waals surface area contributed by atoms with Gasteiger partial charge in [0.05, 0.1) is 18.5 Å². The number of aliphatic hydroxyl groups excluding tert-OH is 1. The molecule has 24 heavy (non-hydrogen) atoms. The molecule has 0 amide bonds. The molecule has 5 heteroatoms. The molecule has 0 unspecified atom stereocenters. The lowest BCUT2D eigenvalue weighted by molar-refractivity contribution is 0.282. The van der Waals surface area contributed by atoms with Crippen LogP contribution in [-0.2, 0) is 13.2 Å². The first-order valence-electron chi connectivity index (χ1n) is 7.79. The molecule has 1 aromatic heterocycles. The van der Waals surface area contributed by atoms with Crippen molar-refractivity contribution < 1.29 is 5.11 Å². The van der Waals surface area contributed by atoms with Gasteiger partial charge in [-0.15, -0.1) is 0 Å². The summed E-state index contributed by atoms with van der Waals surface area (Å²) in [7, 11) is 2.05. The van der Waals surface area contributed by atoms with Crippen LogP contribution < -0.4 is 4.90 Å². The highest BCUT2D eigenvalue weighted by atomic mass is 35.5. The van der Waals surface area contributed by atoms with Gasteiger partial charge in [-0.25, -0.2) is 4.68 Å². The first-order chi connectivity index (χ1) is 11.6. The molecule has 1 N–H and O–H groups in total. The lowest BCUT2D eigenvalue weighted by atomic mass is 10.2. The van der Waals surface area contributed by atoms with Gasteiger partial charge >= 0.3 is 0 Å². The van der Waals surface area contributed by atoms with Crippen molar-refractivity contribution in [2.24, 2.45) is 0 Å². The Morgan fingerprint density at radius 2 is 1.75 bits per heavy atom. The van der Waals surface area contributed by atoms with Crippen LogP contribution in [-0.4, -0.2) is 21.9 Å². The molecule has 0 aliphatic heterocycles. The van der Waals surface area contributed by atoms with Crippen LogP contribution in [0.3, 0.4) is 0 Å². The van der Waals surface area contributed by atoms with Gasteiger partial charge in [-0.3, -0.25) is 0 Å². The fourth-order valence-electron chi connectivity index (χ4n) is 2.64. The second kappa shape index (κ2) is 7.07. The maximum Gasteiger partial charge on any atom is 0.0681 e. The number of aromatic nitrogens is 2. The summed E-state index contributed by atoms with van der Waals surface area (Å²) < 4.78 is 1.92. The summed E-state index contributed by atoms with van der Waals surface area (Å²) in [5.74, 6) is 0. The lowest BCUT2D eigenvalue weighted by Gasteiger charge is -2.19. The van der Waals surface area contributed by atoms with Gasteiger partial charge in [-0.05, 0) is 48.9 Å². The van der Waals surface area contributed by atoms with E-state index >= 15 is 0 Å². The van der Waals surface area contributed by atoms with Crippen LogP contribution >= 0.6 is 11.6 Å². The predicted octanol–water partition coefficient (Wildman–Crippen LogP) is 3.96. The molecule has 0 atom stereocenters. The fraction of sp³-hybridized carbons (Fsp3) is 0.211. The maximum absolute atomic E-state index is 9.13. The van der Waals surface area contributed by atoms with Gasteiger partial charge in [0.2, 0.25) is 0 Å². The molecule has 3 rings (SSSR count). The molecular formula is C19H20ClN3O. The Morgan fingerprint density at radius 3 is 2.38 bits per heavy atom. The Morgan fingerprint density at radius 1 is 1.08 bits per heavy atom. The third kappa shape index (κ3) is 3.45. The van der Waals surface area contributed by atoms with Gasteiger partial charge in [0, 0.05) is 35.6 Å². The summed E-state index contributed by atoms with van der Waals surface area (Å²) in [6.45, 7) is 2.90. The van der Waals surface area contributed by atoms with Crippen LogP contribution in [0.4, 0.5) is 5.69 Å². The zero-order valence-corrected chi connectivity index (χ0v) is 14.5. The molecular weight excluding hydrogens is 322 g/mol. The number of benzene rings is 2. The van der Waals surface area contributed by atoms with E-state index in [0.717, 1.165) is 34.2 Å². The largest absolute Gasteiger partial charge is 0.392 e. The van der Waals surface area contributed by atoms with Crippen LogP contribution in [0, 0.1) is 6.92 Å². The maximum atomic E-state index is 9.13. The molecule has 0 bridgehead atoms. The molecule has 0 radical (unpaired) electrons. The second-order valence-electron chi connectivity index (χ2n) is 5.82. The number of rotatable bonds is 5. The average molecular weight is 342 g/mol. The average Bonchev–Trinajstić information content (AvgIpc) is 2.96. The second-order valence-corrected chi connectivity index (χ2v) is 6.26. The highest BCUT2D eigenvalue weighted by Gasteiger charge is 2.11. The predicted molar refractivity (Wildman–Crippen MR) is 97.8 cm³/mol. The monoisotopic (exact) mass is 341 g/mol. The van der Waals surface area contributed by atoms with E-state index in [9.17, 15) is 0 Å². The van der Waals surface area contributed by atoms with Crippen molar-refractivity contribution in [3.8, 4) is 5.69 Å². The molecule has 0 spiro atoms. The zero-order valence-electron chi connectivity index (χ0n) is 13.8. The van der Waals surface area contributed by atoms with E-state index in [4.69, 9.17) is 16.7 Å². The van der Waals surface area contributed by atoms with Gasteiger partial charge in [-0.1, -0.05) is 23.7 Å².